The zero-order valence-corrected chi connectivity index (χ0v) is 10.3. The number of carbonyl (C=O) groups excluding carboxylic acids is 2. The first kappa shape index (κ1) is 13.3. The Hall–Kier alpha value is -2.12. The number of amides is 3. The molecule has 102 valence electrons. The second-order valence-corrected chi connectivity index (χ2v) is 4.14. The molecule has 1 atom stereocenters. The summed E-state index contributed by atoms with van der Waals surface area (Å²) in [5.41, 5.74) is 6.22. The van der Waals surface area contributed by atoms with Crippen molar-refractivity contribution >= 4 is 23.3 Å². The van der Waals surface area contributed by atoms with E-state index in [0.717, 1.165) is 0 Å². The van der Waals surface area contributed by atoms with Crippen molar-refractivity contribution in [2.75, 3.05) is 30.4 Å². The molecule has 1 aromatic rings. The van der Waals surface area contributed by atoms with Gasteiger partial charge in [-0.05, 0) is 24.3 Å². The van der Waals surface area contributed by atoms with Gasteiger partial charge in [-0.25, -0.2) is 4.79 Å². The number of benzene rings is 1. The fourth-order valence-corrected chi connectivity index (χ4v) is 1.74. The Morgan fingerprint density at radius 3 is 2.37 bits per heavy atom. The average Bonchev–Trinajstić information content (AvgIpc) is 2.41. The lowest BCUT2D eigenvalue weighted by Crippen LogP contribution is -2.48. The van der Waals surface area contributed by atoms with E-state index in [0.29, 0.717) is 31.1 Å². The highest BCUT2D eigenvalue weighted by Gasteiger charge is 2.20. The first-order chi connectivity index (χ1) is 9.15. The molecule has 0 aliphatic carbocycles. The molecular weight excluding hydrogens is 248 g/mol. The number of ether oxygens (including phenoxy) is 1. The van der Waals surface area contributed by atoms with Crippen LogP contribution in [0.25, 0.3) is 0 Å². The number of rotatable bonds is 3. The molecule has 7 heteroatoms. The second kappa shape index (κ2) is 6.17. The van der Waals surface area contributed by atoms with E-state index in [9.17, 15) is 9.59 Å². The molecule has 1 saturated heterocycles. The Bertz CT molecular complexity index is 455. The largest absolute Gasteiger partial charge is 0.378 e. The summed E-state index contributed by atoms with van der Waals surface area (Å²) in [4.78, 5) is 22.5. The standard InChI is InChI=1S/C12H16N4O3/c13-12(18)16-9-3-1-8(2-4-9)15-11(17)10-7-19-6-5-14-10/h1-4,10,14H,5-7H2,(H,15,17)(H3,13,16,18). The van der Waals surface area contributed by atoms with E-state index in [1.165, 1.54) is 0 Å². The van der Waals surface area contributed by atoms with Crippen molar-refractivity contribution in [3.63, 3.8) is 0 Å². The van der Waals surface area contributed by atoms with Crippen LogP contribution < -0.4 is 21.7 Å². The molecule has 1 aliphatic rings. The monoisotopic (exact) mass is 264 g/mol. The summed E-state index contributed by atoms with van der Waals surface area (Å²) in [6.07, 6.45) is 0. The van der Waals surface area contributed by atoms with E-state index in [2.05, 4.69) is 16.0 Å². The Morgan fingerprint density at radius 1 is 1.21 bits per heavy atom. The van der Waals surface area contributed by atoms with Gasteiger partial charge in [0, 0.05) is 17.9 Å². The number of carbonyl (C=O) groups is 2. The van der Waals surface area contributed by atoms with Crippen LogP contribution in [0.3, 0.4) is 0 Å². The smallest absolute Gasteiger partial charge is 0.316 e. The van der Waals surface area contributed by atoms with Crippen molar-refractivity contribution in [2.24, 2.45) is 5.73 Å². The van der Waals surface area contributed by atoms with E-state index in [-0.39, 0.29) is 11.9 Å². The fraction of sp³-hybridized carbons (Fsp3) is 0.333. The van der Waals surface area contributed by atoms with Crippen molar-refractivity contribution in [3.8, 4) is 0 Å². The summed E-state index contributed by atoms with van der Waals surface area (Å²) in [6.45, 7) is 1.66. The highest BCUT2D eigenvalue weighted by molar-refractivity contribution is 5.95. The van der Waals surface area contributed by atoms with E-state index in [1.807, 2.05) is 0 Å². The first-order valence-corrected chi connectivity index (χ1v) is 5.93. The minimum atomic E-state index is -0.625. The normalized spacial score (nSPS) is 18.6. The molecule has 1 fully saturated rings. The lowest BCUT2D eigenvalue weighted by molar-refractivity contribution is -0.120. The molecule has 1 heterocycles. The SMILES string of the molecule is NC(=O)Nc1ccc(NC(=O)C2COCCN2)cc1. The molecule has 1 unspecified atom stereocenters. The quantitative estimate of drug-likeness (QED) is 0.621. The van der Waals surface area contributed by atoms with Crippen molar-refractivity contribution in [2.45, 2.75) is 6.04 Å². The Kier molecular flexibility index (Phi) is 4.32. The predicted molar refractivity (Wildman–Crippen MR) is 70.9 cm³/mol. The molecule has 1 aromatic carbocycles. The number of urea groups is 1. The topological polar surface area (TPSA) is 105 Å². The number of hydrogen-bond acceptors (Lipinski definition) is 4. The van der Waals surface area contributed by atoms with E-state index >= 15 is 0 Å². The highest BCUT2D eigenvalue weighted by Crippen LogP contribution is 2.13. The highest BCUT2D eigenvalue weighted by atomic mass is 16.5. The van der Waals surface area contributed by atoms with Gasteiger partial charge in [-0.1, -0.05) is 0 Å². The molecule has 7 nitrogen and oxygen atoms in total. The Balaban J connectivity index is 1.91. The third kappa shape index (κ3) is 3.94. The molecule has 0 radical (unpaired) electrons. The molecule has 5 N–H and O–H groups in total. The molecule has 0 bridgehead atoms. The van der Waals surface area contributed by atoms with E-state index in [4.69, 9.17) is 10.5 Å². The van der Waals surface area contributed by atoms with Crippen molar-refractivity contribution in [1.82, 2.24) is 5.32 Å². The maximum absolute atomic E-state index is 11.9. The van der Waals surface area contributed by atoms with Gasteiger partial charge in [0.1, 0.15) is 6.04 Å². The van der Waals surface area contributed by atoms with Crippen molar-refractivity contribution in [1.29, 1.82) is 0 Å². The summed E-state index contributed by atoms with van der Waals surface area (Å²) in [5.74, 6) is -0.143. The molecule has 19 heavy (non-hydrogen) atoms. The van der Waals surface area contributed by atoms with Crippen LogP contribution in [0.5, 0.6) is 0 Å². The van der Waals surface area contributed by atoms with Gasteiger partial charge in [0.2, 0.25) is 5.91 Å². The zero-order valence-electron chi connectivity index (χ0n) is 10.3. The summed E-state index contributed by atoms with van der Waals surface area (Å²) < 4.78 is 5.22. The van der Waals surface area contributed by atoms with Crippen LogP contribution >= 0.6 is 0 Å². The van der Waals surface area contributed by atoms with Crippen LogP contribution in [-0.2, 0) is 9.53 Å². The number of hydrogen-bond donors (Lipinski definition) is 4. The van der Waals surface area contributed by atoms with Gasteiger partial charge < -0.3 is 26.4 Å². The number of primary amides is 1. The van der Waals surface area contributed by atoms with Crippen LogP contribution in [-0.4, -0.2) is 37.7 Å². The van der Waals surface area contributed by atoms with Gasteiger partial charge >= 0.3 is 6.03 Å². The number of morpholine rings is 1. The van der Waals surface area contributed by atoms with Gasteiger partial charge in [-0.2, -0.15) is 0 Å². The summed E-state index contributed by atoms with van der Waals surface area (Å²) in [5, 5.41) is 8.28. The van der Waals surface area contributed by atoms with Crippen molar-refractivity contribution in [3.05, 3.63) is 24.3 Å². The van der Waals surface area contributed by atoms with Crippen molar-refractivity contribution < 1.29 is 14.3 Å². The number of nitrogens with two attached hydrogens (primary N) is 1. The maximum atomic E-state index is 11.9. The van der Waals surface area contributed by atoms with Crippen LogP contribution in [0.1, 0.15) is 0 Å². The van der Waals surface area contributed by atoms with E-state index < -0.39 is 6.03 Å². The minimum absolute atomic E-state index is 0.143. The fourth-order valence-electron chi connectivity index (χ4n) is 1.74. The molecule has 0 aromatic heterocycles. The lowest BCUT2D eigenvalue weighted by atomic mass is 10.2. The molecular formula is C12H16N4O3. The van der Waals surface area contributed by atoms with Gasteiger partial charge in [-0.3, -0.25) is 4.79 Å². The third-order valence-electron chi connectivity index (χ3n) is 2.66. The molecule has 1 aliphatic heterocycles. The Morgan fingerprint density at radius 2 is 1.84 bits per heavy atom. The molecule has 3 amide bonds. The first-order valence-electron chi connectivity index (χ1n) is 5.93. The minimum Gasteiger partial charge on any atom is -0.378 e. The van der Waals surface area contributed by atoms with Gasteiger partial charge in [0.25, 0.3) is 0 Å². The lowest BCUT2D eigenvalue weighted by Gasteiger charge is -2.22. The third-order valence-corrected chi connectivity index (χ3v) is 2.66. The number of anilines is 2. The molecule has 0 spiro atoms. The predicted octanol–water partition coefficient (Wildman–Crippen LogP) is 0.104. The zero-order chi connectivity index (χ0) is 13.7. The summed E-state index contributed by atoms with van der Waals surface area (Å²) in [6, 6.07) is 5.73. The summed E-state index contributed by atoms with van der Waals surface area (Å²) >= 11 is 0. The second-order valence-electron chi connectivity index (χ2n) is 4.14. The van der Waals surface area contributed by atoms with E-state index in [1.54, 1.807) is 24.3 Å². The van der Waals surface area contributed by atoms with Crippen LogP contribution in [0, 0.1) is 0 Å². The van der Waals surface area contributed by atoms with Crippen LogP contribution in [0.15, 0.2) is 24.3 Å². The molecule has 0 saturated carbocycles. The van der Waals surface area contributed by atoms with Gasteiger partial charge in [0.05, 0.1) is 13.2 Å². The van der Waals surface area contributed by atoms with Gasteiger partial charge in [-0.15, -0.1) is 0 Å². The van der Waals surface area contributed by atoms with Crippen LogP contribution in [0.2, 0.25) is 0 Å². The summed E-state index contributed by atoms with van der Waals surface area (Å²) in [7, 11) is 0. The number of nitrogens with one attached hydrogen (secondary N) is 3. The Labute approximate surface area is 110 Å². The van der Waals surface area contributed by atoms with Gasteiger partial charge in [0.15, 0.2) is 0 Å². The maximum Gasteiger partial charge on any atom is 0.316 e. The molecule has 2 rings (SSSR count). The van der Waals surface area contributed by atoms with Crippen LogP contribution in [0.4, 0.5) is 16.2 Å². The average molecular weight is 264 g/mol.